The Labute approximate surface area is 421 Å². The van der Waals surface area contributed by atoms with Crippen LogP contribution < -0.4 is 9.64 Å². The van der Waals surface area contributed by atoms with Crippen LogP contribution in [-0.4, -0.2) is 12.9 Å². The van der Waals surface area contributed by atoms with Crippen molar-refractivity contribution < 1.29 is 9.47 Å². The second-order valence-corrected chi connectivity index (χ2v) is 24.4. The van der Waals surface area contributed by atoms with Crippen LogP contribution in [0.5, 0.6) is 5.75 Å². The van der Waals surface area contributed by atoms with Crippen LogP contribution in [0.3, 0.4) is 0 Å². The first-order chi connectivity index (χ1) is 32.8. The number of anilines is 3. The maximum absolute atomic E-state index is 6.28. The van der Waals surface area contributed by atoms with Crippen molar-refractivity contribution in [3.8, 4) is 16.9 Å². The first-order valence-corrected chi connectivity index (χ1v) is 27.5. The first kappa shape index (κ1) is 52.5. The zero-order chi connectivity index (χ0) is 49.8. The molecule has 1 aliphatic carbocycles. The predicted octanol–water partition coefficient (Wildman–Crippen LogP) is 19.4. The Hall–Kier alpha value is -4.34. The van der Waals surface area contributed by atoms with Crippen LogP contribution in [0.1, 0.15) is 214 Å². The van der Waals surface area contributed by atoms with Crippen LogP contribution in [0.2, 0.25) is 0 Å². The van der Waals surface area contributed by atoms with Crippen LogP contribution in [-0.2, 0) is 31.8 Å². The molecule has 0 radical (unpaired) electrons. The van der Waals surface area contributed by atoms with E-state index in [0.29, 0.717) is 11.8 Å². The fourth-order valence-corrected chi connectivity index (χ4v) is 11.7. The summed E-state index contributed by atoms with van der Waals surface area (Å²) in [6.07, 6.45) is 15.7. The summed E-state index contributed by atoms with van der Waals surface area (Å²) in [6.45, 7) is 34.4. The maximum atomic E-state index is 6.28. The third-order valence-corrected chi connectivity index (χ3v) is 17.2. The molecule has 5 aromatic carbocycles. The van der Waals surface area contributed by atoms with E-state index in [1.54, 1.807) is 11.1 Å². The van der Waals surface area contributed by atoms with Gasteiger partial charge in [-0.15, -0.1) is 0 Å². The minimum Gasteiger partial charge on any atom is -0.465 e. The molecule has 0 spiro atoms. The third kappa shape index (κ3) is 11.3. The van der Waals surface area contributed by atoms with E-state index in [1.807, 2.05) is 0 Å². The van der Waals surface area contributed by atoms with Crippen LogP contribution >= 0.6 is 0 Å². The molecule has 0 saturated carbocycles. The Morgan fingerprint density at radius 2 is 0.971 bits per heavy atom. The van der Waals surface area contributed by atoms with E-state index in [4.69, 9.17) is 9.47 Å². The van der Waals surface area contributed by atoms with Gasteiger partial charge in [0.1, 0.15) is 5.75 Å². The van der Waals surface area contributed by atoms with Crippen LogP contribution in [0.4, 0.5) is 17.1 Å². The Morgan fingerprint density at radius 3 is 1.42 bits per heavy atom. The Kier molecular flexibility index (Phi) is 16.4. The molecule has 5 aromatic rings. The van der Waals surface area contributed by atoms with Gasteiger partial charge >= 0.3 is 0 Å². The molecular formula is C66H91NO2. The molecule has 2 aliphatic rings. The quantitative estimate of drug-likeness (QED) is 0.0776. The number of rotatable bonds is 20. The van der Waals surface area contributed by atoms with E-state index in [-0.39, 0.29) is 33.4 Å². The van der Waals surface area contributed by atoms with Gasteiger partial charge < -0.3 is 14.4 Å². The first-order valence-electron chi connectivity index (χ1n) is 27.5. The zero-order valence-corrected chi connectivity index (χ0v) is 45.8. The topological polar surface area (TPSA) is 21.7 Å². The van der Waals surface area contributed by atoms with Gasteiger partial charge in [0.15, 0.2) is 6.29 Å². The smallest absolute Gasteiger partial charge is 0.199 e. The van der Waals surface area contributed by atoms with Crippen LogP contribution in [0, 0.1) is 11.8 Å². The van der Waals surface area contributed by atoms with E-state index in [9.17, 15) is 0 Å². The van der Waals surface area contributed by atoms with E-state index < -0.39 is 0 Å². The SMILES string of the molecule is CCCCC(CC)CC1(CC(CC)CCCC)c2cc(C(C)(C)C)ccc2-c2ccc(C(C)(C)C(C)(C)c3ccc(N(c4ccc(OC5CCCCO5)cc4)c4ccc(C(C)(C)C)cc4)cc3)cc21. The second-order valence-electron chi connectivity index (χ2n) is 24.4. The molecule has 1 fully saturated rings. The molecule has 1 saturated heterocycles. The highest BCUT2D eigenvalue weighted by molar-refractivity contribution is 5.82. The van der Waals surface area contributed by atoms with E-state index in [0.717, 1.165) is 48.7 Å². The molecule has 7 rings (SSSR count). The summed E-state index contributed by atoms with van der Waals surface area (Å²) in [5, 5.41) is 0. The highest BCUT2D eigenvalue weighted by Crippen LogP contribution is 2.58. The van der Waals surface area contributed by atoms with Crippen molar-refractivity contribution in [2.24, 2.45) is 11.8 Å². The van der Waals surface area contributed by atoms with Crippen molar-refractivity contribution in [2.75, 3.05) is 11.5 Å². The molecule has 3 nitrogen and oxygen atoms in total. The number of ether oxygens (including phenoxy) is 2. The normalized spacial score (nSPS) is 18.4. The second kappa shape index (κ2) is 21.6. The number of hydrogen-bond donors (Lipinski definition) is 0. The highest BCUT2D eigenvalue weighted by Gasteiger charge is 2.48. The largest absolute Gasteiger partial charge is 0.465 e. The monoisotopic (exact) mass is 930 g/mol. The van der Waals surface area contributed by atoms with Gasteiger partial charge in [0, 0.05) is 28.9 Å². The molecule has 0 amide bonds. The fraction of sp³-hybridized carbons (Fsp3) is 0.545. The lowest BCUT2D eigenvalue weighted by Crippen LogP contribution is -2.40. The maximum Gasteiger partial charge on any atom is 0.199 e. The van der Waals surface area contributed by atoms with Crippen molar-refractivity contribution in [2.45, 2.75) is 214 Å². The van der Waals surface area contributed by atoms with Crippen molar-refractivity contribution >= 4 is 17.1 Å². The molecule has 372 valence electrons. The number of benzene rings is 5. The number of unbranched alkanes of at least 4 members (excludes halogenated alkanes) is 2. The fourth-order valence-electron chi connectivity index (χ4n) is 11.7. The highest BCUT2D eigenvalue weighted by atomic mass is 16.7. The summed E-state index contributed by atoms with van der Waals surface area (Å²) in [6, 6.07) is 42.5. The number of fused-ring (bicyclic) bond motifs is 3. The van der Waals surface area contributed by atoms with E-state index in [1.165, 1.54) is 97.6 Å². The zero-order valence-electron chi connectivity index (χ0n) is 45.8. The molecule has 3 heteroatoms. The summed E-state index contributed by atoms with van der Waals surface area (Å²) >= 11 is 0. The van der Waals surface area contributed by atoms with Gasteiger partial charge in [0.2, 0.25) is 0 Å². The standard InChI is InChI=1S/C66H91NO2/c1-15-19-23-47(17-3)45-66(46-48(18-4)24-20-16-2)59-43-51(63(8,9)10)30-40-57(59)58-41-31-52(44-60(58)66)65(13,14)64(11,12)50-28-34-54(35-29-50)67(53-32-26-49(27-33-53)62(5,6)7)55-36-38-56(39-37-55)69-61-25-21-22-42-68-61/h26-41,43-44,47-48,61H,15-25,42,45-46H2,1-14H3. The average Bonchev–Trinajstić information content (AvgIpc) is 3.59. The van der Waals surface area contributed by atoms with E-state index in [2.05, 4.69) is 211 Å². The summed E-state index contributed by atoms with van der Waals surface area (Å²) in [5.74, 6) is 2.23. The Morgan fingerprint density at radius 1 is 0.536 bits per heavy atom. The lowest BCUT2D eigenvalue weighted by molar-refractivity contribution is -0.105. The Balaban J connectivity index is 1.28. The van der Waals surface area contributed by atoms with Gasteiger partial charge in [-0.05, 0) is 152 Å². The van der Waals surface area contributed by atoms with Crippen molar-refractivity contribution in [3.05, 3.63) is 143 Å². The van der Waals surface area contributed by atoms with Crippen molar-refractivity contribution in [1.82, 2.24) is 0 Å². The molecule has 0 N–H and O–H groups in total. The summed E-state index contributed by atoms with van der Waals surface area (Å²) in [7, 11) is 0. The summed E-state index contributed by atoms with van der Waals surface area (Å²) in [5.41, 5.74) is 14.9. The Bertz CT molecular complexity index is 2400. The third-order valence-electron chi connectivity index (χ3n) is 17.2. The van der Waals surface area contributed by atoms with Gasteiger partial charge in [0.25, 0.3) is 0 Å². The minimum atomic E-state index is -0.188. The molecule has 0 aromatic heterocycles. The van der Waals surface area contributed by atoms with Crippen molar-refractivity contribution in [3.63, 3.8) is 0 Å². The molecule has 69 heavy (non-hydrogen) atoms. The number of nitrogens with zero attached hydrogens (tertiary/aromatic N) is 1. The molecular weight excluding hydrogens is 839 g/mol. The van der Waals surface area contributed by atoms with E-state index >= 15 is 0 Å². The lowest BCUT2D eigenvalue weighted by Gasteiger charge is -2.44. The van der Waals surface area contributed by atoms with Gasteiger partial charge in [-0.3, -0.25) is 0 Å². The van der Waals surface area contributed by atoms with Crippen LogP contribution in [0.25, 0.3) is 11.1 Å². The van der Waals surface area contributed by atoms with Gasteiger partial charge in [-0.25, -0.2) is 0 Å². The minimum absolute atomic E-state index is 0.0187. The van der Waals surface area contributed by atoms with Gasteiger partial charge in [0.05, 0.1) is 6.61 Å². The molecule has 3 atom stereocenters. The molecule has 1 heterocycles. The van der Waals surface area contributed by atoms with Crippen LogP contribution in [0.15, 0.2) is 109 Å². The summed E-state index contributed by atoms with van der Waals surface area (Å²) in [4.78, 5) is 2.38. The van der Waals surface area contributed by atoms with Gasteiger partial charge in [-0.2, -0.15) is 0 Å². The van der Waals surface area contributed by atoms with Crippen molar-refractivity contribution in [1.29, 1.82) is 0 Å². The number of hydrogen-bond acceptors (Lipinski definition) is 3. The lowest BCUT2D eigenvalue weighted by atomic mass is 9.59. The summed E-state index contributed by atoms with van der Waals surface area (Å²) < 4.78 is 12.2. The molecule has 0 bridgehead atoms. The average molecular weight is 930 g/mol. The molecule has 1 aliphatic heterocycles. The van der Waals surface area contributed by atoms with Gasteiger partial charge in [-0.1, -0.05) is 209 Å². The molecule has 3 unspecified atom stereocenters. The predicted molar refractivity (Wildman–Crippen MR) is 297 cm³/mol.